The second kappa shape index (κ2) is 8.44. The first-order valence-electron chi connectivity index (χ1n) is 11.1. The molecule has 0 aliphatic heterocycles. The van der Waals surface area contributed by atoms with Crippen LogP contribution in [-0.4, -0.2) is 31.8 Å². The number of benzene rings is 2. The molecule has 0 bridgehead atoms. The van der Waals surface area contributed by atoms with Crippen LogP contribution in [0.2, 0.25) is 0 Å². The summed E-state index contributed by atoms with van der Waals surface area (Å²) in [7, 11) is 0. The normalized spacial score (nSPS) is 12.1. The molecule has 0 unspecified atom stereocenters. The Morgan fingerprint density at radius 1 is 0.559 bits per heavy atom. The van der Waals surface area contributed by atoms with E-state index in [4.69, 9.17) is 9.97 Å². The number of fused-ring (bicyclic) bond motifs is 2. The van der Waals surface area contributed by atoms with Crippen molar-refractivity contribution < 1.29 is 9.59 Å². The Bertz CT molecular complexity index is 1310. The van der Waals surface area contributed by atoms with Crippen LogP contribution in [0, 0.1) is 10.8 Å². The molecule has 0 fully saturated rings. The Hall–Kier alpha value is -3.94. The lowest BCUT2D eigenvalue weighted by atomic mass is 9.95. The minimum atomic E-state index is -0.650. The molecular weight excluding hydrogens is 428 g/mol. The number of carbonyl (C=O) groups excluding carboxylic acids is 2. The van der Waals surface area contributed by atoms with Gasteiger partial charge in [-0.05, 0) is 24.3 Å². The number of rotatable bonds is 3. The lowest BCUT2D eigenvalue weighted by Crippen LogP contribution is -2.29. The van der Waals surface area contributed by atoms with Gasteiger partial charge < -0.3 is 10.6 Å². The molecule has 0 radical (unpaired) electrons. The van der Waals surface area contributed by atoms with Crippen molar-refractivity contribution in [3.63, 3.8) is 0 Å². The summed E-state index contributed by atoms with van der Waals surface area (Å²) < 4.78 is 0. The number of hydrogen-bond acceptors (Lipinski definition) is 6. The minimum Gasteiger partial charge on any atom is -0.308 e. The number of aromatic nitrogens is 4. The van der Waals surface area contributed by atoms with Crippen molar-refractivity contribution in [2.75, 3.05) is 10.6 Å². The van der Waals surface area contributed by atoms with Crippen LogP contribution >= 0.6 is 0 Å². The monoisotopic (exact) mass is 456 g/mol. The van der Waals surface area contributed by atoms with E-state index in [1.165, 1.54) is 0 Å². The van der Waals surface area contributed by atoms with Crippen molar-refractivity contribution in [3.05, 3.63) is 48.5 Å². The zero-order valence-electron chi connectivity index (χ0n) is 20.2. The summed E-state index contributed by atoms with van der Waals surface area (Å²) in [6.07, 6.45) is 0. The first kappa shape index (κ1) is 23.2. The second-order valence-corrected chi connectivity index (χ2v) is 10.2. The third-order valence-corrected chi connectivity index (χ3v) is 5.19. The van der Waals surface area contributed by atoms with Crippen molar-refractivity contribution in [2.24, 2.45) is 10.8 Å². The molecule has 4 rings (SSSR count). The maximum absolute atomic E-state index is 12.9. The van der Waals surface area contributed by atoms with Gasteiger partial charge in [0, 0.05) is 10.8 Å². The minimum absolute atomic E-state index is 0.215. The standard InChI is InChI=1S/C26H28N6O2/c1-25(2,3)23(33)31-21-19(27-15-11-7-9-13-17(15)29-21)20-22(32-24(34)26(4,5)6)30-18-14-10-8-12-16(18)28-20/h7-14H,1-6H3,(H,29,31,33)(H,30,32,34). The van der Waals surface area contributed by atoms with Gasteiger partial charge in [0.1, 0.15) is 11.4 Å². The maximum atomic E-state index is 12.9. The summed E-state index contributed by atoms with van der Waals surface area (Å²) in [5.74, 6) is 0.0867. The predicted molar refractivity (Wildman–Crippen MR) is 134 cm³/mol. The van der Waals surface area contributed by atoms with E-state index in [0.29, 0.717) is 33.5 Å². The van der Waals surface area contributed by atoms with Crippen molar-refractivity contribution in [2.45, 2.75) is 41.5 Å². The van der Waals surface area contributed by atoms with E-state index >= 15 is 0 Å². The molecule has 0 aliphatic carbocycles. The van der Waals surface area contributed by atoms with Crippen LogP contribution in [0.15, 0.2) is 48.5 Å². The van der Waals surface area contributed by atoms with E-state index in [0.717, 1.165) is 0 Å². The van der Waals surface area contributed by atoms with Gasteiger partial charge in [0.05, 0.1) is 22.1 Å². The van der Waals surface area contributed by atoms with E-state index in [2.05, 4.69) is 20.6 Å². The molecule has 2 aromatic carbocycles. The van der Waals surface area contributed by atoms with Gasteiger partial charge in [0.25, 0.3) is 0 Å². The zero-order valence-corrected chi connectivity index (χ0v) is 20.2. The molecule has 4 aromatic rings. The van der Waals surface area contributed by atoms with Crippen LogP contribution < -0.4 is 10.6 Å². The number of nitrogens with one attached hydrogen (secondary N) is 2. The molecule has 2 aromatic heterocycles. The average Bonchev–Trinajstić information content (AvgIpc) is 2.77. The Morgan fingerprint density at radius 3 is 1.15 bits per heavy atom. The highest BCUT2D eigenvalue weighted by Gasteiger charge is 2.28. The van der Waals surface area contributed by atoms with Crippen LogP contribution in [0.25, 0.3) is 33.5 Å². The number of anilines is 2. The van der Waals surface area contributed by atoms with Crippen LogP contribution in [0.3, 0.4) is 0 Å². The fourth-order valence-electron chi connectivity index (χ4n) is 3.09. The zero-order chi connectivity index (χ0) is 24.7. The van der Waals surface area contributed by atoms with E-state index in [9.17, 15) is 9.59 Å². The molecule has 34 heavy (non-hydrogen) atoms. The summed E-state index contributed by atoms with van der Waals surface area (Å²) in [5.41, 5.74) is 1.89. The van der Waals surface area contributed by atoms with Crippen LogP contribution in [0.1, 0.15) is 41.5 Å². The number of amides is 2. The largest absolute Gasteiger partial charge is 0.308 e. The fourth-order valence-corrected chi connectivity index (χ4v) is 3.09. The number of carbonyl (C=O) groups is 2. The molecule has 2 heterocycles. The molecule has 0 spiro atoms. The summed E-state index contributed by atoms with van der Waals surface area (Å²) in [6, 6.07) is 14.8. The molecule has 0 saturated carbocycles. The van der Waals surface area contributed by atoms with Gasteiger partial charge in [-0.2, -0.15) is 0 Å². The van der Waals surface area contributed by atoms with Gasteiger partial charge in [-0.3, -0.25) is 9.59 Å². The summed E-state index contributed by atoms with van der Waals surface area (Å²) in [6.45, 7) is 10.9. The van der Waals surface area contributed by atoms with E-state index < -0.39 is 10.8 Å². The number of nitrogens with zero attached hydrogens (tertiary/aromatic N) is 4. The number of para-hydroxylation sites is 4. The Balaban J connectivity index is 1.98. The molecule has 2 N–H and O–H groups in total. The highest BCUT2D eigenvalue weighted by Crippen LogP contribution is 2.33. The SMILES string of the molecule is CC(C)(C)C(=O)Nc1nc2ccccc2nc1-c1nc2ccccc2nc1NC(=O)C(C)(C)C. The topological polar surface area (TPSA) is 110 Å². The molecular formula is C26H28N6O2. The van der Waals surface area contributed by atoms with Crippen LogP contribution in [0.5, 0.6) is 0 Å². The van der Waals surface area contributed by atoms with Crippen molar-refractivity contribution in [1.82, 2.24) is 19.9 Å². The lowest BCUT2D eigenvalue weighted by molar-refractivity contribution is -0.123. The fraction of sp³-hybridized carbons (Fsp3) is 0.308. The molecule has 2 amide bonds. The molecule has 8 nitrogen and oxygen atoms in total. The van der Waals surface area contributed by atoms with Gasteiger partial charge >= 0.3 is 0 Å². The van der Waals surface area contributed by atoms with Crippen molar-refractivity contribution in [1.29, 1.82) is 0 Å². The third kappa shape index (κ3) is 4.71. The van der Waals surface area contributed by atoms with Gasteiger partial charge in [0.2, 0.25) is 11.8 Å². The van der Waals surface area contributed by atoms with Crippen molar-refractivity contribution >= 4 is 45.5 Å². The highest BCUT2D eigenvalue weighted by molar-refractivity contribution is 6.01. The molecule has 0 atom stereocenters. The first-order chi connectivity index (χ1) is 15.9. The van der Waals surface area contributed by atoms with Gasteiger partial charge in [-0.1, -0.05) is 65.8 Å². The number of hydrogen-bond donors (Lipinski definition) is 2. The van der Waals surface area contributed by atoms with Gasteiger partial charge in [-0.15, -0.1) is 0 Å². The quantitative estimate of drug-likeness (QED) is 0.438. The van der Waals surface area contributed by atoms with E-state index in [1.54, 1.807) is 0 Å². The summed E-state index contributed by atoms with van der Waals surface area (Å²) in [4.78, 5) is 44.7. The Labute approximate surface area is 198 Å². The van der Waals surface area contributed by atoms with E-state index in [1.807, 2.05) is 90.1 Å². The predicted octanol–water partition coefficient (Wildman–Crippen LogP) is 5.21. The molecule has 0 aliphatic rings. The third-order valence-electron chi connectivity index (χ3n) is 5.19. The lowest BCUT2D eigenvalue weighted by Gasteiger charge is -2.21. The summed E-state index contributed by atoms with van der Waals surface area (Å²) >= 11 is 0. The van der Waals surface area contributed by atoms with E-state index in [-0.39, 0.29) is 23.5 Å². The molecule has 8 heteroatoms. The summed E-state index contributed by atoms with van der Waals surface area (Å²) in [5, 5.41) is 5.81. The van der Waals surface area contributed by atoms with Crippen LogP contribution in [-0.2, 0) is 9.59 Å². The Morgan fingerprint density at radius 2 is 0.853 bits per heavy atom. The average molecular weight is 457 g/mol. The molecule has 174 valence electrons. The highest BCUT2D eigenvalue weighted by atomic mass is 16.2. The van der Waals surface area contributed by atoms with Gasteiger partial charge in [0.15, 0.2) is 11.6 Å². The first-order valence-corrected chi connectivity index (χ1v) is 11.1. The smallest absolute Gasteiger partial charge is 0.230 e. The Kier molecular flexibility index (Phi) is 5.77. The van der Waals surface area contributed by atoms with Gasteiger partial charge in [-0.25, -0.2) is 19.9 Å². The van der Waals surface area contributed by atoms with Crippen LogP contribution in [0.4, 0.5) is 11.6 Å². The molecule has 0 saturated heterocycles. The van der Waals surface area contributed by atoms with Crippen molar-refractivity contribution in [3.8, 4) is 11.4 Å². The second-order valence-electron chi connectivity index (χ2n) is 10.2. The maximum Gasteiger partial charge on any atom is 0.230 e.